The molecule has 0 fully saturated rings. The molecule has 2 heterocycles. The molecule has 30 heavy (non-hydrogen) atoms. The summed E-state index contributed by atoms with van der Waals surface area (Å²) in [5, 5.41) is 8.36. The fraction of sp³-hybridized carbons (Fsp3) is 0.333. The summed E-state index contributed by atoms with van der Waals surface area (Å²) in [6, 6.07) is 6.74. The number of hydrogen-bond donors (Lipinski definition) is 3. The maximum absolute atomic E-state index is 3.94. The molecule has 2 unspecified atom stereocenters. The minimum Gasteiger partial charge on any atom is -0.388 e. The van der Waals surface area contributed by atoms with Crippen LogP contribution in [0.1, 0.15) is 37.1 Å². The van der Waals surface area contributed by atoms with Crippen molar-refractivity contribution < 1.29 is 0 Å². The van der Waals surface area contributed by atoms with Gasteiger partial charge in [-0.25, -0.2) is 0 Å². The van der Waals surface area contributed by atoms with Gasteiger partial charge in [-0.2, -0.15) is 0 Å². The van der Waals surface area contributed by atoms with Gasteiger partial charge >= 0.3 is 0 Å². The van der Waals surface area contributed by atoms with Crippen LogP contribution in [0.25, 0.3) is 16.5 Å². The van der Waals surface area contributed by atoms with Crippen LogP contribution in [0.15, 0.2) is 72.6 Å². The van der Waals surface area contributed by atoms with Crippen LogP contribution < -0.4 is 10.6 Å². The summed E-state index contributed by atoms with van der Waals surface area (Å²) in [5.74, 6) is 1.07. The van der Waals surface area contributed by atoms with Crippen molar-refractivity contribution in [1.29, 1.82) is 0 Å². The van der Waals surface area contributed by atoms with Gasteiger partial charge in [0.05, 0.1) is 0 Å². The second-order valence-corrected chi connectivity index (χ2v) is 8.81. The van der Waals surface area contributed by atoms with E-state index in [2.05, 4.69) is 90.7 Å². The highest BCUT2D eigenvalue weighted by Crippen LogP contribution is 2.33. The molecule has 0 amide bonds. The molecule has 1 aromatic heterocycles. The second kappa shape index (κ2) is 8.83. The van der Waals surface area contributed by atoms with E-state index in [1.54, 1.807) is 0 Å². The molecule has 0 spiro atoms. The summed E-state index contributed by atoms with van der Waals surface area (Å²) in [5.41, 5.74) is 8.73. The fourth-order valence-corrected chi connectivity index (χ4v) is 4.19. The van der Waals surface area contributed by atoms with Crippen molar-refractivity contribution in [2.24, 2.45) is 11.8 Å². The quantitative estimate of drug-likeness (QED) is 0.576. The number of rotatable bonds is 6. The monoisotopic (exact) mass is 399 g/mol. The van der Waals surface area contributed by atoms with E-state index in [9.17, 15) is 0 Å². The molecule has 2 atom stereocenters. The van der Waals surface area contributed by atoms with Crippen molar-refractivity contribution in [3.63, 3.8) is 0 Å². The van der Waals surface area contributed by atoms with Crippen LogP contribution in [-0.4, -0.2) is 18.1 Å². The van der Waals surface area contributed by atoms with Crippen LogP contribution in [0.3, 0.4) is 0 Å². The molecule has 2 aliphatic rings. The van der Waals surface area contributed by atoms with E-state index in [1.807, 2.05) is 6.92 Å². The minimum absolute atomic E-state index is 0.450. The molecule has 3 heteroatoms. The van der Waals surface area contributed by atoms with Crippen molar-refractivity contribution in [2.45, 2.75) is 33.6 Å². The highest BCUT2D eigenvalue weighted by atomic mass is 14.9. The lowest BCUT2D eigenvalue weighted by Crippen LogP contribution is -2.28. The Morgan fingerprint density at radius 3 is 2.90 bits per heavy atom. The number of nitrogens with one attached hydrogen (secondary N) is 3. The van der Waals surface area contributed by atoms with E-state index in [-0.39, 0.29) is 0 Å². The molecular formula is C27H33N3. The van der Waals surface area contributed by atoms with Crippen molar-refractivity contribution in [1.82, 2.24) is 15.6 Å². The highest BCUT2D eigenvalue weighted by Gasteiger charge is 2.18. The van der Waals surface area contributed by atoms with Gasteiger partial charge in [0, 0.05) is 53.4 Å². The number of H-pyrrole nitrogens is 1. The first-order valence-corrected chi connectivity index (χ1v) is 11.0. The zero-order valence-corrected chi connectivity index (χ0v) is 18.4. The number of aryl methyl sites for hydroxylation is 1. The summed E-state index contributed by atoms with van der Waals surface area (Å²) in [7, 11) is 0. The predicted octanol–water partition coefficient (Wildman–Crippen LogP) is 5.78. The summed E-state index contributed by atoms with van der Waals surface area (Å²) in [4.78, 5) is 3.72. The van der Waals surface area contributed by atoms with Gasteiger partial charge in [0.25, 0.3) is 0 Å². The zero-order valence-electron chi connectivity index (χ0n) is 18.4. The van der Waals surface area contributed by atoms with Crippen LogP contribution in [0, 0.1) is 18.8 Å². The third kappa shape index (κ3) is 4.62. The first-order chi connectivity index (χ1) is 14.5. The lowest BCUT2D eigenvalue weighted by atomic mass is 9.93. The van der Waals surface area contributed by atoms with Crippen LogP contribution in [0.5, 0.6) is 0 Å². The van der Waals surface area contributed by atoms with E-state index in [4.69, 9.17) is 0 Å². The lowest BCUT2D eigenvalue weighted by Gasteiger charge is -2.17. The van der Waals surface area contributed by atoms with E-state index in [0.717, 1.165) is 31.6 Å². The van der Waals surface area contributed by atoms with E-state index < -0.39 is 0 Å². The predicted molar refractivity (Wildman–Crippen MR) is 129 cm³/mol. The molecule has 0 saturated carbocycles. The van der Waals surface area contributed by atoms with Gasteiger partial charge in [-0.15, -0.1) is 0 Å². The van der Waals surface area contributed by atoms with Gasteiger partial charge in [-0.05, 0) is 55.0 Å². The van der Waals surface area contributed by atoms with Gasteiger partial charge in [0.15, 0.2) is 0 Å². The Hall–Kier alpha value is -2.94. The lowest BCUT2D eigenvalue weighted by molar-refractivity contribution is 0.566. The molecule has 4 rings (SSSR count). The normalized spacial score (nSPS) is 21.0. The molecule has 0 bridgehead atoms. The van der Waals surface area contributed by atoms with E-state index in [0.29, 0.717) is 11.8 Å². The topological polar surface area (TPSA) is 39.9 Å². The summed E-state index contributed by atoms with van der Waals surface area (Å²) in [6.45, 7) is 12.2. The molecule has 156 valence electrons. The molecular weight excluding hydrogens is 366 g/mol. The third-order valence-electron chi connectivity index (χ3n) is 5.97. The second-order valence-electron chi connectivity index (χ2n) is 8.81. The number of allylic oxidation sites excluding steroid dienone is 8. The zero-order chi connectivity index (χ0) is 21.1. The fourth-order valence-electron chi connectivity index (χ4n) is 4.19. The molecule has 2 aromatic rings. The largest absolute Gasteiger partial charge is 0.388 e. The average Bonchev–Trinajstić information content (AvgIpc) is 2.90. The third-order valence-corrected chi connectivity index (χ3v) is 5.97. The number of aromatic amines is 1. The van der Waals surface area contributed by atoms with Crippen molar-refractivity contribution in [3.8, 4) is 0 Å². The molecule has 1 aromatic carbocycles. The Morgan fingerprint density at radius 1 is 1.27 bits per heavy atom. The summed E-state index contributed by atoms with van der Waals surface area (Å²) < 4.78 is 0. The van der Waals surface area contributed by atoms with Crippen molar-refractivity contribution in [3.05, 3.63) is 89.4 Å². The Morgan fingerprint density at radius 2 is 2.13 bits per heavy atom. The summed E-state index contributed by atoms with van der Waals surface area (Å²) >= 11 is 0. The Labute approximate surface area is 180 Å². The van der Waals surface area contributed by atoms with Crippen LogP contribution in [-0.2, 0) is 6.42 Å². The van der Waals surface area contributed by atoms with Crippen molar-refractivity contribution in [2.75, 3.05) is 13.1 Å². The number of benzene rings is 1. The molecule has 3 nitrogen and oxygen atoms in total. The van der Waals surface area contributed by atoms with Gasteiger partial charge in [0.1, 0.15) is 0 Å². The van der Waals surface area contributed by atoms with Crippen LogP contribution in [0.2, 0.25) is 0 Å². The van der Waals surface area contributed by atoms with Gasteiger partial charge in [-0.1, -0.05) is 56.0 Å². The molecule has 0 radical (unpaired) electrons. The number of fused-ring (bicyclic) bond motifs is 1. The molecule has 1 aliphatic heterocycles. The number of aromatic nitrogens is 1. The minimum atomic E-state index is 0.450. The molecule has 1 aliphatic carbocycles. The summed E-state index contributed by atoms with van der Waals surface area (Å²) in [6.07, 6.45) is 15.7. The first kappa shape index (κ1) is 20.3. The van der Waals surface area contributed by atoms with Crippen LogP contribution in [0.4, 0.5) is 0 Å². The van der Waals surface area contributed by atoms with Gasteiger partial charge in [0.2, 0.25) is 0 Å². The molecule has 0 saturated heterocycles. The van der Waals surface area contributed by atoms with E-state index >= 15 is 0 Å². The Bertz CT molecular complexity index is 1060. The van der Waals surface area contributed by atoms with Crippen LogP contribution >= 0.6 is 0 Å². The van der Waals surface area contributed by atoms with Gasteiger partial charge < -0.3 is 15.6 Å². The SMILES string of the molecule is C=C(C)NCC1C=CC=C(Cc2c(C3=CCC(C)C=C3)[nH]c3cc(C)ccc23)NC1. The molecule has 3 N–H and O–H groups in total. The Kier molecular flexibility index (Phi) is 5.98. The average molecular weight is 400 g/mol. The van der Waals surface area contributed by atoms with E-state index in [1.165, 1.54) is 39.0 Å². The number of hydrogen-bond acceptors (Lipinski definition) is 2. The maximum atomic E-state index is 3.94. The maximum Gasteiger partial charge on any atom is 0.0497 e. The standard InChI is InChI=1S/C27H33N3/c1-18(2)28-16-21-6-5-7-23(29-17-21)15-25-24-13-10-20(4)14-26(24)30-27(25)22-11-8-19(3)9-12-22/h5-8,10-14,19,21,28-30H,1,9,15-17H2,2-4H3. The van der Waals surface area contributed by atoms with Crippen molar-refractivity contribution >= 4 is 16.5 Å². The smallest absolute Gasteiger partial charge is 0.0497 e. The highest BCUT2D eigenvalue weighted by molar-refractivity contribution is 5.92. The first-order valence-electron chi connectivity index (χ1n) is 11.0. The van der Waals surface area contributed by atoms with Gasteiger partial charge in [-0.3, -0.25) is 0 Å². The Balaban J connectivity index is 1.60.